The maximum absolute atomic E-state index is 12.0. The molecule has 148 valence electrons. The van der Waals surface area contributed by atoms with Gasteiger partial charge in [0.05, 0.1) is 5.75 Å². The first-order valence-electron chi connectivity index (χ1n) is 8.47. The molecule has 0 radical (unpaired) electrons. The number of hydrogen-bond donors (Lipinski definition) is 1. The molecule has 1 atom stereocenters. The van der Waals surface area contributed by atoms with E-state index in [9.17, 15) is 14.5 Å². The Labute approximate surface area is 161 Å². The van der Waals surface area contributed by atoms with E-state index < -0.39 is 7.60 Å². The van der Waals surface area contributed by atoms with E-state index in [1.54, 1.807) is 0 Å². The highest BCUT2D eigenvalue weighted by Crippen LogP contribution is 2.43. The summed E-state index contributed by atoms with van der Waals surface area (Å²) in [5.74, 6) is 0.342. The molecular formula is C19H31O5PS. The van der Waals surface area contributed by atoms with E-state index in [0.717, 1.165) is 16.0 Å². The topological polar surface area (TPSA) is 72.8 Å². The summed E-state index contributed by atoms with van der Waals surface area (Å²) in [5.41, 5.74) is 1.27. The van der Waals surface area contributed by atoms with Gasteiger partial charge in [-0.05, 0) is 23.0 Å². The number of phenols is 1. The van der Waals surface area contributed by atoms with Crippen molar-refractivity contribution < 1.29 is 23.5 Å². The van der Waals surface area contributed by atoms with Gasteiger partial charge in [-0.3, -0.25) is 9.36 Å². The SMILES string of the molecule is COP(C)(=O)OCC(=O)CSc1cc(C(C)(C)C)c(O)c(C(C)(C)C)c1. The molecule has 5 nitrogen and oxygen atoms in total. The van der Waals surface area contributed by atoms with Gasteiger partial charge < -0.3 is 14.2 Å². The van der Waals surface area contributed by atoms with Gasteiger partial charge >= 0.3 is 7.60 Å². The third kappa shape index (κ3) is 6.73. The van der Waals surface area contributed by atoms with Crippen molar-refractivity contribution >= 4 is 25.1 Å². The van der Waals surface area contributed by atoms with E-state index in [-0.39, 0.29) is 29.0 Å². The fourth-order valence-electron chi connectivity index (χ4n) is 2.28. The number of ketones is 1. The van der Waals surface area contributed by atoms with Crippen molar-refractivity contribution in [3.8, 4) is 5.75 Å². The zero-order valence-corrected chi connectivity index (χ0v) is 18.7. The molecule has 0 spiro atoms. The minimum atomic E-state index is -3.15. The largest absolute Gasteiger partial charge is 0.507 e. The Morgan fingerprint density at radius 1 is 1.12 bits per heavy atom. The van der Waals surface area contributed by atoms with Crippen LogP contribution in [-0.2, 0) is 29.2 Å². The molecule has 1 unspecified atom stereocenters. The molecular weight excluding hydrogens is 371 g/mol. The van der Waals surface area contributed by atoms with Gasteiger partial charge in [0.1, 0.15) is 12.4 Å². The molecule has 1 aromatic rings. The number of hydrogen-bond acceptors (Lipinski definition) is 6. The normalized spacial score (nSPS) is 14.9. The summed E-state index contributed by atoms with van der Waals surface area (Å²) in [6, 6.07) is 3.87. The first-order chi connectivity index (χ1) is 11.7. The van der Waals surface area contributed by atoms with Crippen molar-refractivity contribution in [1.29, 1.82) is 0 Å². The van der Waals surface area contributed by atoms with Gasteiger partial charge in [0.15, 0.2) is 5.78 Å². The fraction of sp³-hybridized carbons (Fsp3) is 0.632. The van der Waals surface area contributed by atoms with E-state index in [1.807, 2.05) is 53.7 Å². The fourth-order valence-corrected chi connectivity index (χ4v) is 3.58. The number of benzene rings is 1. The van der Waals surface area contributed by atoms with Gasteiger partial charge in [-0.25, -0.2) is 0 Å². The third-order valence-corrected chi connectivity index (χ3v) is 6.19. The van der Waals surface area contributed by atoms with Crippen LogP contribution in [0.2, 0.25) is 0 Å². The number of phenolic OH excluding ortho intramolecular Hbond substituents is 1. The maximum Gasteiger partial charge on any atom is 0.327 e. The molecule has 0 aliphatic carbocycles. The number of carbonyl (C=O) groups excluding carboxylic acids is 1. The van der Waals surface area contributed by atoms with Gasteiger partial charge in [0.25, 0.3) is 0 Å². The lowest BCUT2D eigenvalue weighted by Gasteiger charge is -2.28. The van der Waals surface area contributed by atoms with Gasteiger partial charge in [-0.2, -0.15) is 0 Å². The van der Waals surface area contributed by atoms with Crippen molar-refractivity contribution in [2.24, 2.45) is 0 Å². The van der Waals surface area contributed by atoms with Gasteiger partial charge in [0, 0.05) is 29.8 Å². The molecule has 0 amide bonds. The molecule has 26 heavy (non-hydrogen) atoms. The highest BCUT2D eigenvalue weighted by atomic mass is 32.2. The quantitative estimate of drug-likeness (QED) is 0.503. The summed E-state index contributed by atoms with van der Waals surface area (Å²) < 4.78 is 21.4. The van der Waals surface area contributed by atoms with Gasteiger partial charge in [-0.15, -0.1) is 11.8 Å². The van der Waals surface area contributed by atoms with Gasteiger partial charge in [0.2, 0.25) is 0 Å². The van der Waals surface area contributed by atoms with Crippen LogP contribution in [0.1, 0.15) is 52.7 Å². The standard InChI is InChI=1S/C19H31O5PS/c1-18(2,3)15-9-14(10-16(17(15)21)19(4,5)6)26-12-13(20)11-24-25(8,22)23-7/h9-10,21H,11-12H2,1-8H3. The lowest BCUT2D eigenvalue weighted by atomic mass is 9.79. The number of Topliss-reactive ketones (excluding diaryl/α,β-unsaturated/α-hetero) is 1. The highest BCUT2D eigenvalue weighted by molar-refractivity contribution is 8.00. The first-order valence-corrected chi connectivity index (χ1v) is 11.4. The summed E-state index contributed by atoms with van der Waals surface area (Å²) in [7, 11) is -1.86. The van der Waals surface area contributed by atoms with E-state index in [4.69, 9.17) is 9.05 Å². The van der Waals surface area contributed by atoms with E-state index in [0.29, 0.717) is 5.75 Å². The van der Waals surface area contributed by atoms with Crippen LogP contribution in [-0.4, -0.2) is 37.0 Å². The lowest BCUT2D eigenvalue weighted by Crippen LogP contribution is -2.17. The molecule has 1 aromatic carbocycles. The van der Waals surface area contributed by atoms with Gasteiger partial charge in [-0.1, -0.05) is 41.5 Å². The maximum atomic E-state index is 12.0. The van der Waals surface area contributed by atoms with Crippen molar-refractivity contribution in [1.82, 2.24) is 0 Å². The van der Waals surface area contributed by atoms with Crippen molar-refractivity contribution in [2.75, 3.05) is 26.1 Å². The second kappa shape index (κ2) is 8.47. The molecule has 0 aliphatic heterocycles. The summed E-state index contributed by atoms with van der Waals surface area (Å²) in [4.78, 5) is 13.0. The minimum absolute atomic E-state index is 0.170. The third-order valence-electron chi connectivity index (χ3n) is 3.89. The summed E-state index contributed by atoms with van der Waals surface area (Å²) >= 11 is 1.38. The summed E-state index contributed by atoms with van der Waals surface area (Å²) in [5, 5.41) is 10.7. The molecule has 1 rings (SSSR count). The Kier molecular flexibility index (Phi) is 7.57. The minimum Gasteiger partial charge on any atom is -0.507 e. The zero-order chi connectivity index (χ0) is 20.3. The molecule has 0 heterocycles. The van der Waals surface area contributed by atoms with Crippen LogP contribution in [0.25, 0.3) is 0 Å². The van der Waals surface area contributed by atoms with E-state index >= 15 is 0 Å². The monoisotopic (exact) mass is 402 g/mol. The smallest absolute Gasteiger partial charge is 0.327 e. The van der Waals surface area contributed by atoms with Crippen molar-refractivity contribution in [3.05, 3.63) is 23.3 Å². The molecule has 0 saturated carbocycles. The van der Waals surface area contributed by atoms with Crippen LogP contribution in [0.3, 0.4) is 0 Å². The Balaban J connectivity index is 3.00. The summed E-state index contributed by atoms with van der Waals surface area (Å²) in [6.45, 7) is 13.4. The number of carbonyl (C=O) groups is 1. The lowest BCUT2D eigenvalue weighted by molar-refractivity contribution is -0.118. The summed E-state index contributed by atoms with van der Waals surface area (Å²) in [6.07, 6.45) is 0. The molecule has 0 bridgehead atoms. The Morgan fingerprint density at radius 3 is 1.96 bits per heavy atom. The first kappa shape index (κ1) is 23.2. The molecule has 1 N–H and O–H groups in total. The second-order valence-corrected chi connectivity index (χ2v) is 11.6. The Hall–Kier alpha value is -0.810. The van der Waals surface area contributed by atoms with Crippen molar-refractivity contribution in [3.63, 3.8) is 0 Å². The zero-order valence-electron chi connectivity index (χ0n) is 17.0. The molecule has 0 fully saturated rings. The predicted molar refractivity (Wildman–Crippen MR) is 108 cm³/mol. The number of rotatable bonds is 7. The number of aromatic hydroxyl groups is 1. The average Bonchev–Trinajstić information content (AvgIpc) is 2.49. The van der Waals surface area contributed by atoms with Crippen molar-refractivity contribution in [2.45, 2.75) is 57.3 Å². The highest BCUT2D eigenvalue weighted by Gasteiger charge is 2.27. The number of thioether (sulfide) groups is 1. The van der Waals surface area contributed by atoms with Crippen LogP contribution in [0.4, 0.5) is 0 Å². The Morgan fingerprint density at radius 2 is 1.58 bits per heavy atom. The predicted octanol–water partition coefficient (Wildman–Crippen LogP) is 5.13. The van der Waals surface area contributed by atoms with E-state index in [2.05, 4.69) is 0 Å². The Bertz CT molecular complexity index is 666. The van der Waals surface area contributed by atoms with Crippen LogP contribution in [0, 0.1) is 0 Å². The average molecular weight is 402 g/mol. The van der Waals surface area contributed by atoms with Crippen LogP contribution in [0.5, 0.6) is 5.75 Å². The second-order valence-electron chi connectivity index (χ2n) is 8.42. The molecule has 0 aliphatic rings. The molecule has 0 aromatic heterocycles. The van der Waals surface area contributed by atoms with Crippen LogP contribution in [0.15, 0.2) is 17.0 Å². The van der Waals surface area contributed by atoms with Crippen LogP contribution >= 0.6 is 19.4 Å². The molecule has 0 saturated heterocycles. The van der Waals surface area contributed by atoms with E-state index in [1.165, 1.54) is 25.5 Å². The molecule has 7 heteroatoms. The van der Waals surface area contributed by atoms with Crippen LogP contribution < -0.4 is 0 Å².